The van der Waals surface area contributed by atoms with Crippen LogP contribution in [0.4, 0.5) is 35.1 Å². The Kier molecular flexibility index (Phi) is 7.19. The summed E-state index contributed by atoms with van der Waals surface area (Å²) >= 11 is 0. The molecule has 1 amide bonds. The predicted octanol–water partition coefficient (Wildman–Crippen LogP) is 7.04. The number of nitrogens with zero attached hydrogens (tertiary/aromatic N) is 1. The van der Waals surface area contributed by atoms with E-state index < -0.39 is 55.9 Å². The average Bonchev–Trinajstić information content (AvgIpc) is 3.24. The fourth-order valence-electron chi connectivity index (χ4n) is 6.24. The third-order valence-corrected chi connectivity index (χ3v) is 10.7. The SMILES string of the molecule is O=C(c1ccccc1)N1CC[C@@]2(S(=O)(=O)c3ccc(F)cc3)c3ccc(C(F)(C(F)(F)F)C(F)(F)F)cc3CCC[C@@H]12. The van der Waals surface area contributed by atoms with Gasteiger partial charge in [-0.2, -0.15) is 26.3 Å². The van der Waals surface area contributed by atoms with E-state index in [1.165, 1.54) is 17.0 Å². The lowest BCUT2D eigenvalue weighted by molar-refractivity contribution is -0.348. The molecule has 5 rings (SSSR count). The number of aryl methyl sites for hydroxylation is 1. The topological polar surface area (TPSA) is 54.5 Å². The van der Waals surface area contributed by atoms with Gasteiger partial charge in [0.1, 0.15) is 10.6 Å². The molecule has 0 bridgehead atoms. The van der Waals surface area contributed by atoms with E-state index in [2.05, 4.69) is 0 Å². The van der Waals surface area contributed by atoms with Crippen LogP contribution in [-0.4, -0.2) is 44.2 Å². The maximum Gasteiger partial charge on any atom is 0.435 e. The lowest BCUT2D eigenvalue weighted by atomic mass is 9.84. The molecule has 1 saturated heterocycles. The smallest absolute Gasteiger partial charge is 0.334 e. The van der Waals surface area contributed by atoms with Crippen molar-refractivity contribution in [2.24, 2.45) is 0 Å². The third kappa shape index (κ3) is 4.38. The zero-order valence-corrected chi connectivity index (χ0v) is 22.5. The number of carbonyl (C=O) groups excluding carboxylic acids is 1. The number of rotatable bonds is 4. The molecule has 224 valence electrons. The monoisotopic (exact) mass is 617 g/mol. The van der Waals surface area contributed by atoms with Crippen molar-refractivity contribution in [1.29, 1.82) is 0 Å². The van der Waals surface area contributed by atoms with Gasteiger partial charge in [0.25, 0.3) is 5.91 Å². The highest BCUT2D eigenvalue weighted by Gasteiger charge is 2.73. The quantitative estimate of drug-likeness (QED) is 0.233. The molecule has 4 nitrogen and oxygen atoms in total. The van der Waals surface area contributed by atoms with E-state index in [1.807, 2.05) is 0 Å². The van der Waals surface area contributed by atoms with Crippen LogP contribution < -0.4 is 0 Å². The van der Waals surface area contributed by atoms with E-state index in [0.29, 0.717) is 12.1 Å². The van der Waals surface area contributed by atoms with Crippen molar-refractivity contribution >= 4 is 15.7 Å². The molecule has 0 saturated carbocycles. The molecule has 3 aromatic carbocycles. The van der Waals surface area contributed by atoms with Crippen molar-refractivity contribution in [2.45, 2.75) is 59.4 Å². The second-order valence-electron chi connectivity index (χ2n) is 10.4. The van der Waals surface area contributed by atoms with Crippen LogP contribution in [0.2, 0.25) is 0 Å². The Hall–Kier alpha value is -3.48. The summed E-state index contributed by atoms with van der Waals surface area (Å²) in [6.07, 6.45) is -13.0. The van der Waals surface area contributed by atoms with Crippen LogP contribution >= 0.6 is 0 Å². The van der Waals surface area contributed by atoms with Gasteiger partial charge in [0.15, 0.2) is 9.84 Å². The van der Waals surface area contributed by atoms with Crippen LogP contribution in [0.5, 0.6) is 0 Å². The number of alkyl halides is 7. The number of fused-ring (bicyclic) bond motifs is 3. The van der Waals surface area contributed by atoms with E-state index in [0.717, 1.165) is 30.3 Å². The summed E-state index contributed by atoms with van der Waals surface area (Å²) in [5, 5.41) is 0. The molecule has 3 aromatic rings. The van der Waals surface area contributed by atoms with Gasteiger partial charge in [-0.1, -0.05) is 36.4 Å². The number of likely N-dealkylation sites (tertiary alicyclic amines) is 1. The minimum atomic E-state index is -6.35. The molecule has 0 aromatic heterocycles. The van der Waals surface area contributed by atoms with Gasteiger partial charge in [0.05, 0.1) is 10.9 Å². The van der Waals surface area contributed by atoms with Gasteiger partial charge in [0, 0.05) is 17.7 Å². The predicted molar refractivity (Wildman–Crippen MR) is 135 cm³/mol. The van der Waals surface area contributed by atoms with Crippen LogP contribution in [0.1, 0.15) is 46.3 Å². The van der Waals surface area contributed by atoms with E-state index in [-0.39, 0.29) is 53.8 Å². The highest BCUT2D eigenvalue weighted by atomic mass is 32.2. The first kappa shape index (κ1) is 30.0. The van der Waals surface area contributed by atoms with Crippen LogP contribution in [0.15, 0.2) is 77.7 Å². The van der Waals surface area contributed by atoms with Gasteiger partial charge in [-0.05, 0) is 73.2 Å². The highest BCUT2D eigenvalue weighted by Crippen LogP contribution is 2.56. The molecular formula is C29H23F8NO3S. The molecule has 1 heterocycles. The van der Waals surface area contributed by atoms with Gasteiger partial charge >= 0.3 is 18.0 Å². The summed E-state index contributed by atoms with van der Waals surface area (Å²) in [4.78, 5) is 14.6. The van der Waals surface area contributed by atoms with Crippen molar-refractivity contribution in [3.8, 4) is 0 Å². The molecule has 0 spiro atoms. The Morgan fingerprint density at radius 3 is 2.07 bits per heavy atom. The maximum atomic E-state index is 15.0. The first-order valence-electron chi connectivity index (χ1n) is 12.9. The molecule has 2 aliphatic rings. The highest BCUT2D eigenvalue weighted by molar-refractivity contribution is 7.92. The van der Waals surface area contributed by atoms with E-state index >= 15 is 4.39 Å². The minimum absolute atomic E-state index is 0.0301. The van der Waals surface area contributed by atoms with Crippen molar-refractivity contribution in [3.63, 3.8) is 0 Å². The standard InChI is InChI=1S/C29H23F8NO3S/c30-21-10-12-22(13-11-21)42(40,41)26-15-16-38(25(39)18-5-2-1-3-6-18)24(26)8-4-7-19-17-20(9-14-23(19)26)27(31,28(32,33)34)29(35,36)37/h1-3,5-6,9-14,17,24H,4,7-8,15-16H2/t24-,26-/m1/s1. The molecule has 13 heteroatoms. The number of halogens is 8. The van der Waals surface area contributed by atoms with Gasteiger partial charge in [-0.15, -0.1) is 0 Å². The zero-order valence-electron chi connectivity index (χ0n) is 21.6. The summed E-state index contributed by atoms with van der Waals surface area (Å²) < 4.78 is 137. The van der Waals surface area contributed by atoms with Crippen LogP contribution in [0, 0.1) is 5.82 Å². The molecular weight excluding hydrogens is 594 g/mol. The van der Waals surface area contributed by atoms with Crippen LogP contribution in [0.3, 0.4) is 0 Å². The average molecular weight is 618 g/mol. The molecule has 1 fully saturated rings. The van der Waals surface area contributed by atoms with Crippen LogP contribution in [0.25, 0.3) is 0 Å². The Bertz CT molecular complexity index is 1590. The third-order valence-electron chi connectivity index (χ3n) is 8.19. The lowest BCUT2D eigenvalue weighted by Crippen LogP contribution is -2.51. The Balaban J connectivity index is 1.74. The normalized spacial score (nSPS) is 21.4. The first-order valence-corrected chi connectivity index (χ1v) is 14.4. The van der Waals surface area contributed by atoms with Gasteiger partial charge < -0.3 is 4.90 Å². The Labute approximate surface area is 235 Å². The Morgan fingerprint density at radius 2 is 1.48 bits per heavy atom. The number of sulfone groups is 1. The van der Waals surface area contributed by atoms with E-state index in [9.17, 15) is 43.9 Å². The number of carbonyl (C=O) groups is 1. The summed E-state index contributed by atoms with van der Waals surface area (Å²) in [6.45, 7) is -0.0990. The minimum Gasteiger partial charge on any atom is -0.334 e. The molecule has 1 aliphatic carbocycles. The summed E-state index contributed by atoms with van der Waals surface area (Å²) in [5.74, 6) is -1.24. The van der Waals surface area contributed by atoms with E-state index in [4.69, 9.17) is 0 Å². The number of hydrogen-bond acceptors (Lipinski definition) is 3. The fourth-order valence-corrected chi connectivity index (χ4v) is 8.60. The number of hydrogen-bond donors (Lipinski definition) is 0. The molecule has 0 N–H and O–H groups in total. The van der Waals surface area contributed by atoms with Gasteiger partial charge in [0.2, 0.25) is 0 Å². The van der Waals surface area contributed by atoms with Crippen molar-refractivity contribution in [2.75, 3.05) is 6.54 Å². The second kappa shape index (κ2) is 10.1. The van der Waals surface area contributed by atoms with Crippen molar-refractivity contribution in [3.05, 3.63) is 101 Å². The molecule has 0 radical (unpaired) electrons. The second-order valence-corrected chi connectivity index (χ2v) is 12.6. The van der Waals surface area contributed by atoms with Crippen LogP contribution in [-0.2, 0) is 26.7 Å². The first-order chi connectivity index (χ1) is 19.6. The molecule has 1 aliphatic heterocycles. The van der Waals surface area contributed by atoms with Gasteiger partial charge in [-0.3, -0.25) is 4.79 Å². The summed E-state index contributed by atoms with van der Waals surface area (Å²) in [6, 6.07) is 12.3. The van der Waals surface area contributed by atoms with Crippen molar-refractivity contribution in [1.82, 2.24) is 4.90 Å². The zero-order chi connectivity index (χ0) is 30.7. The fraction of sp³-hybridized carbons (Fsp3) is 0.345. The Morgan fingerprint density at radius 1 is 0.857 bits per heavy atom. The van der Waals surface area contributed by atoms with Gasteiger partial charge in [-0.25, -0.2) is 17.2 Å². The number of amides is 1. The maximum absolute atomic E-state index is 15.0. The number of benzene rings is 3. The summed E-state index contributed by atoms with van der Waals surface area (Å²) in [7, 11) is -4.57. The lowest BCUT2D eigenvalue weighted by Gasteiger charge is -2.38. The summed E-state index contributed by atoms with van der Waals surface area (Å²) in [5.41, 5.74) is -7.48. The van der Waals surface area contributed by atoms with E-state index in [1.54, 1.807) is 18.2 Å². The largest absolute Gasteiger partial charge is 0.435 e. The van der Waals surface area contributed by atoms with Crippen molar-refractivity contribution < 1.29 is 48.3 Å². The molecule has 42 heavy (non-hydrogen) atoms. The molecule has 0 unspecified atom stereocenters. The molecule has 2 atom stereocenters.